The number of unbranched alkanes of at least 4 members (excludes halogenated alkanes) is 4. The Morgan fingerprint density at radius 1 is 0.824 bits per heavy atom. The molecule has 0 saturated carbocycles. The lowest BCUT2D eigenvalue weighted by molar-refractivity contribution is 0.282. The number of aliphatic hydroxyl groups is 1. The Morgan fingerprint density at radius 2 is 1.35 bits per heavy atom. The SMILES string of the molecule is C/C(F)=C(F)/C(F)=C(\F)CCCCCCCO. The van der Waals surface area contributed by atoms with Gasteiger partial charge in [-0.1, -0.05) is 19.3 Å². The van der Waals surface area contributed by atoms with E-state index in [0.29, 0.717) is 19.3 Å². The van der Waals surface area contributed by atoms with E-state index in [2.05, 4.69) is 0 Å². The highest BCUT2D eigenvalue weighted by atomic mass is 19.2. The van der Waals surface area contributed by atoms with Crippen molar-refractivity contribution in [1.82, 2.24) is 0 Å². The van der Waals surface area contributed by atoms with Crippen LogP contribution in [0, 0.1) is 0 Å². The van der Waals surface area contributed by atoms with Crippen molar-refractivity contribution in [3.8, 4) is 0 Å². The van der Waals surface area contributed by atoms with Crippen molar-refractivity contribution in [2.45, 2.75) is 45.4 Å². The second kappa shape index (κ2) is 9.22. The zero-order chi connectivity index (χ0) is 13.3. The molecule has 0 atom stereocenters. The Labute approximate surface area is 98.8 Å². The highest BCUT2D eigenvalue weighted by Gasteiger charge is 2.14. The van der Waals surface area contributed by atoms with E-state index in [4.69, 9.17) is 5.11 Å². The summed E-state index contributed by atoms with van der Waals surface area (Å²) >= 11 is 0. The van der Waals surface area contributed by atoms with Gasteiger partial charge in [-0.2, -0.15) is 0 Å². The maximum Gasteiger partial charge on any atom is 0.192 e. The van der Waals surface area contributed by atoms with Crippen LogP contribution in [0.1, 0.15) is 45.4 Å². The molecule has 0 spiro atoms. The van der Waals surface area contributed by atoms with E-state index in [1.165, 1.54) is 0 Å². The standard InChI is InChI=1S/C12H18F4O/c1-9(13)11(15)12(16)10(14)7-5-3-2-4-6-8-17/h17H,2-8H2,1H3/b11-9+,12-10+. The summed E-state index contributed by atoms with van der Waals surface area (Å²) in [5.41, 5.74) is 0. The quantitative estimate of drug-likeness (QED) is 0.380. The predicted octanol–water partition coefficient (Wildman–Crippen LogP) is 4.64. The first-order valence-corrected chi connectivity index (χ1v) is 5.68. The first-order valence-electron chi connectivity index (χ1n) is 5.68. The Morgan fingerprint density at radius 3 is 1.88 bits per heavy atom. The summed E-state index contributed by atoms with van der Waals surface area (Å²) in [6.07, 6.45) is 3.12. The number of halogens is 4. The third-order valence-electron chi connectivity index (χ3n) is 2.29. The first kappa shape index (κ1) is 16.2. The number of hydrogen-bond acceptors (Lipinski definition) is 1. The summed E-state index contributed by atoms with van der Waals surface area (Å²) in [6.45, 7) is 0.853. The van der Waals surface area contributed by atoms with Crippen molar-refractivity contribution < 1.29 is 22.7 Å². The normalized spacial score (nSPS) is 14.5. The second-order valence-corrected chi connectivity index (χ2v) is 3.81. The average Bonchev–Trinajstić information content (AvgIpc) is 2.31. The van der Waals surface area contributed by atoms with E-state index in [1.807, 2.05) is 0 Å². The number of aliphatic hydroxyl groups excluding tert-OH is 1. The minimum Gasteiger partial charge on any atom is -0.396 e. The largest absolute Gasteiger partial charge is 0.396 e. The van der Waals surface area contributed by atoms with E-state index in [1.54, 1.807) is 0 Å². The topological polar surface area (TPSA) is 20.2 Å². The van der Waals surface area contributed by atoms with Crippen LogP contribution in [0.2, 0.25) is 0 Å². The van der Waals surface area contributed by atoms with Gasteiger partial charge in [-0.3, -0.25) is 0 Å². The molecular formula is C12H18F4O. The molecule has 0 rings (SSSR count). The van der Waals surface area contributed by atoms with Crippen molar-refractivity contribution in [2.24, 2.45) is 0 Å². The van der Waals surface area contributed by atoms with Gasteiger partial charge in [-0.05, 0) is 19.8 Å². The molecule has 100 valence electrons. The Balaban J connectivity index is 3.96. The van der Waals surface area contributed by atoms with Gasteiger partial charge in [-0.25, -0.2) is 17.6 Å². The lowest BCUT2D eigenvalue weighted by Gasteiger charge is -2.01. The van der Waals surface area contributed by atoms with Gasteiger partial charge in [0.05, 0.1) is 0 Å². The van der Waals surface area contributed by atoms with Crippen molar-refractivity contribution in [2.75, 3.05) is 6.61 Å². The van der Waals surface area contributed by atoms with Crippen molar-refractivity contribution in [3.05, 3.63) is 23.3 Å². The van der Waals surface area contributed by atoms with Crippen molar-refractivity contribution >= 4 is 0 Å². The molecule has 5 heteroatoms. The van der Waals surface area contributed by atoms with Crippen molar-refractivity contribution in [3.63, 3.8) is 0 Å². The van der Waals surface area contributed by atoms with Crippen LogP contribution in [0.5, 0.6) is 0 Å². The fraction of sp³-hybridized carbons (Fsp3) is 0.667. The number of hydrogen-bond donors (Lipinski definition) is 1. The molecule has 0 fully saturated rings. The van der Waals surface area contributed by atoms with Crippen LogP contribution in [0.15, 0.2) is 23.3 Å². The molecule has 0 saturated heterocycles. The molecule has 0 aromatic heterocycles. The zero-order valence-corrected chi connectivity index (χ0v) is 9.91. The molecule has 1 nitrogen and oxygen atoms in total. The Bertz CT molecular complexity index is 280. The van der Waals surface area contributed by atoms with Gasteiger partial charge >= 0.3 is 0 Å². The first-order chi connectivity index (χ1) is 8.00. The summed E-state index contributed by atoms with van der Waals surface area (Å²) in [4.78, 5) is 0. The average molecular weight is 254 g/mol. The zero-order valence-electron chi connectivity index (χ0n) is 9.91. The Kier molecular flexibility index (Phi) is 8.76. The molecule has 0 aromatic rings. The summed E-state index contributed by atoms with van der Waals surface area (Å²) in [7, 11) is 0. The fourth-order valence-corrected chi connectivity index (χ4v) is 1.30. The van der Waals surface area contributed by atoms with E-state index in [-0.39, 0.29) is 13.0 Å². The summed E-state index contributed by atoms with van der Waals surface area (Å²) < 4.78 is 50.8. The smallest absolute Gasteiger partial charge is 0.192 e. The predicted molar refractivity (Wildman–Crippen MR) is 58.9 cm³/mol. The lowest BCUT2D eigenvalue weighted by atomic mass is 10.1. The monoisotopic (exact) mass is 254 g/mol. The van der Waals surface area contributed by atoms with E-state index < -0.39 is 23.3 Å². The lowest BCUT2D eigenvalue weighted by Crippen LogP contribution is -1.87. The summed E-state index contributed by atoms with van der Waals surface area (Å²) in [5, 5.41) is 8.50. The molecule has 0 amide bonds. The number of rotatable bonds is 8. The van der Waals surface area contributed by atoms with Gasteiger partial charge in [0.2, 0.25) is 0 Å². The molecular weight excluding hydrogens is 236 g/mol. The van der Waals surface area contributed by atoms with Gasteiger partial charge < -0.3 is 5.11 Å². The minimum absolute atomic E-state index is 0.120. The van der Waals surface area contributed by atoms with Crippen LogP contribution in [0.4, 0.5) is 17.6 Å². The van der Waals surface area contributed by atoms with Gasteiger partial charge in [-0.15, -0.1) is 0 Å². The highest BCUT2D eigenvalue weighted by molar-refractivity contribution is 5.23. The number of allylic oxidation sites excluding steroid dienone is 4. The second-order valence-electron chi connectivity index (χ2n) is 3.81. The van der Waals surface area contributed by atoms with Gasteiger partial charge in [0.15, 0.2) is 11.7 Å². The molecule has 1 N–H and O–H groups in total. The maximum absolute atomic E-state index is 13.0. The Hall–Kier alpha value is -0.840. The van der Waals surface area contributed by atoms with Gasteiger partial charge in [0, 0.05) is 13.0 Å². The molecule has 0 aliphatic carbocycles. The molecule has 0 heterocycles. The third-order valence-corrected chi connectivity index (χ3v) is 2.29. The fourth-order valence-electron chi connectivity index (χ4n) is 1.30. The molecule has 17 heavy (non-hydrogen) atoms. The third kappa shape index (κ3) is 7.15. The molecule has 0 aliphatic rings. The van der Waals surface area contributed by atoms with Crippen LogP contribution in [0.25, 0.3) is 0 Å². The molecule has 0 unspecified atom stereocenters. The van der Waals surface area contributed by atoms with Crippen LogP contribution >= 0.6 is 0 Å². The molecule has 0 aliphatic heterocycles. The van der Waals surface area contributed by atoms with Gasteiger partial charge in [0.1, 0.15) is 11.7 Å². The van der Waals surface area contributed by atoms with Gasteiger partial charge in [0.25, 0.3) is 0 Å². The summed E-state index contributed by atoms with van der Waals surface area (Å²) in [5.74, 6) is -6.11. The molecule has 0 aromatic carbocycles. The molecule has 0 radical (unpaired) electrons. The van der Waals surface area contributed by atoms with Crippen LogP contribution in [-0.2, 0) is 0 Å². The molecule has 0 bridgehead atoms. The van der Waals surface area contributed by atoms with Crippen LogP contribution < -0.4 is 0 Å². The highest BCUT2D eigenvalue weighted by Crippen LogP contribution is 2.25. The van der Waals surface area contributed by atoms with E-state index in [9.17, 15) is 17.6 Å². The van der Waals surface area contributed by atoms with Crippen molar-refractivity contribution in [1.29, 1.82) is 0 Å². The van der Waals surface area contributed by atoms with E-state index >= 15 is 0 Å². The van der Waals surface area contributed by atoms with Crippen LogP contribution in [0.3, 0.4) is 0 Å². The summed E-state index contributed by atoms with van der Waals surface area (Å²) in [6, 6.07) is 0. The van der Waals surface area contributed by atoms with E-state index in [0.717, 1.165) is 19.8 Å². The maximum atomic E-state index is 13.0. The minimum atomic E-state index is -1.76. The van der Waals surface area contributed by atoms with Crippen LogP contribution in [-0.4, -0.2) is 11.7 Å².